The van der Waals surface area contributed by atoms with Crippen molar-refractivity contribution < 1.29 is 13.2 Å². The molecule has 0 spiro atoms. The Hall–Kier alpha value is -1.60. The Morgan fingerprint density at radius 2 is 2.04 bits per heavy atom. The summed E-state index contributed by atoms with van der Waals surface area (Å²) in [6, 6.07) is 6.05. The van der Waals surface area contributed by atoms with Crippen LogP contribution in [0.25, 0.3) is 0 Å². The number of hydrogen-bond acceptors (Lipinski definition) is 3. The fraction of sp³-hybridized carbons (Fsp3) is 0.562. The second-order valence-corrected chi connectivity index (χ2v) is 7.74. The predicted octanol–water partition coefficient (Wildman–Crippen LogP) is 2.27. The molecular weight excluding hydrogens is 314 g/mol. The van der Waals surface area contributed by atoms with Gasteiger partial charge in [0.1, 0.15) is 0 Å². The Morgan fingerprint density at radius 3 is 2.57 bits per heavy atom. The average molecular weight is 339 g/mol. The van der Waals surface area contributed by atoms with Gasteiger partial charge in [-0.1, -0.05) is 25.5 Å². The molecule has 2 atom stereocenters. The van der Waals surface area contributed by atoms with E-state index in [1.54, 1.807) is 12.1 Å². The van der Waals surface area contributed by atoms with Crippen LogP contribution in [0, 0.1) is 5.92 Å². The normalized spacial score (nSPS) is 17.9. The number of benzene rings is 1. The van der Waals surface area contributed by atoms with Gasteiger partial charge < -0.3 is 10.6 Å². The lowest BCUT2D eigenvalue weighted by Gasteiger charge is -2.32. The van der Waals surface area contributed by atoms with Crippen LogP contribution in [0.15, 0.2) is 29.2 Å². The van der Waals surface area contributed by atoms with Crippen molar-refractivity contribution in [3.63, 3.8) is 0 Å². The molecule has 0 bridgehead atoms. The molecule has 0 heterocycles. The summed E-state index contributed by atoms with van der Waals surface area (Å²) in [6.07, 6.45) is 4.21. The van der Waals surface area contributed by atoms with Crippen LogP contribution in [0.4, 0.5) is 4.79 Å². The van der Waals surface area contributed by atoms with Gasteiger partial charge >= 0.3 is 6.03 Å². The SMILES string of the molecule is CCC(NC(=O)NC(C)C1CCC1)c1cccc(S(N)(=O)=O)c1. The molecule has 1 aliphatic carbocycles. The Kier molecular flexibility index (Phi) is 5.64. The van der Waals surface area contributed by atoms with Gasteiger partial charge in [0.15, 0.2) is 0 Å². The number of carbonyl (C=O) groups is 1. The molecule has 0 radical (unpaired) electrons. The molecule has 4 N–H and O–H groups in total. The number of amides is 2. The minimum absolute atomic E-state index is 0.0542. The van der Waals surface area contributed by atoms with Crippen molar-refractivity contribution in [3.05, 3.63) is 29.8 Å². The lowest BCUT2D eigenvalue weighted by Crippen LogP contribution is -2.46. The summed E-state index contributed by atoms with van der Waals surface area (Å²) < 4.78 is 22.9. The summed E-state index contributed by atoms with van der Waals surface area (Å²) in [7, 11) is -3.75. The summed E-state index contributed by atoms with van der Waals surface area (Å²) in [5.74, 6) is 0.562. The van der Waals surface area contributed by atoms with E-state index in [-0.39, 0.29) is 23.0 Å². The van der Waals surface area contributed by atoms with E-state index in [1.807, 2.05) is 13.8 Å². The zero-order valence-corrected chi connectivity index (χ0v) is 14.4. The van der Waals surface area contributed by atoms with E-state index in [4.69, 9.17) is 5.14 Å². The van der Waals surface area contributed by atoms with Gasteiger partial charge in [0.2, 0.25) is 10.0 Å². The van der Waals surface area contributed by atoms with Gasteiger partial charge in [0.25, 0.3) is 0 Å². The highest BCUT2D eigenvalue weighted by Crippen LogP contribution is 2.29. The first-order valence-electron chi connectivity index (χ1n) is 8.01. The van der Waals surface area contributed by atoms with Crippen molar-refractivity contribution in [3.8, 4) is 0 Å². The zero-order chi connectivity index (χ0) is 17.0. The molecule has 2 amide bonds. The quantitative estimate of drug-likeness (QED) is 0.741. The van der Waals surface area contributed by atoms with Gasteiger partial charge in [-0.15, -0.1) is 0 Å². The average Bonchev–Trinajstić information content (AvgIpc) is 2.42. The third-order valence-corrected chi connectivity index (χ3v) is 5.43. The van der Waals surface area contributed by atoms with Gasteiger partial charge in [-0.25, -0.2) is 18.4 Å². The van der Waals surface area contributed by atoms with Gasteiger partial charge in [0, 0.05) is 6.04 Å². The van der Waals surface area contributed by atoms with E-state index in [1.165, 1.54) is 18.6 Å². The molecule has 7 heteroatoms. The molecule has 23 heavy (non-hydrogen) atoms. The number of nitrogens with one attached hydrogen (secondary N) is 2. The number of hydrogen-bond donors (Lipinski definition) is 3. The first kappa shape index (κ1) is 17.7. The minimum Gasteiger partial charge on any atom is -0.335 e. The van der Waals surface area contributed by atoms with E-state index in [9.17, 15) is 13.2 Å². The minimum atomic E-state index is -3.75. The molecule has 2 rings (SSSR count). The van der Waals surface area contributed by atoms with Crippen molar-refractivity contribution in [2.24, 2.45) is 11.1 Å². The highest BCUT2D eigenvalue weighted by atomic mass is 32.2. The van der Waals surface area contributed by atoms with Crippen LogP contribution in [-0.2, 0) is 10.0 Å². The van der Waals surface area contributed by atoms with Crippen molar-refractivity contribution >= 4 is 16.1 Å². The Balaban J connectivity index is 2.03. The second kappa shape index (κ2) is 7.31. The molecule has 0 aromatic heterocycles. The standard InChI is InChI=1S/C16H25N3O3S/c1-3-15(13-8-5-9-14(10-13)23(17,21)22)19-16(20)18-11(2)12-6-4-7-12/h5,8-12,15H,3-4,6-7H2,1-2H3,(H2,17,21,22)(H2,18,19,20). The third kappa shape index (κ3) is 4.68. The molecule has 0 saturated heterocycles. The molecule has 2 unspecified atom stereocenters. The van der Waals surface area contributed by atoms with E-state index >= 15 is 0 Å². The summed E-state index contributed by atoms with van der Waals surface area (Å²) in [4.78, 5) is 12.2. The number of rotatable bonds is 6. The van der Waals surface area contributed by atoms with Crippen LogP contribution in [-0.4, -0.2) is 20.5 Å². The van der Waals surface area contributed by atoms with E-state index in [0.29, 0.717) is 12.3 Å². The zero-order valence-electron chi connectivity index (χ0n) is 13.6. The molecule has 1 aromatic rings. The lowest BCUT2D eigenvalue weighted by atomic mass is 9.80. The van der Waals surface area contributed by atoms with Gasteiger partial charge in [-0.05, 0) is 49.8 Å². The Morgan fingerprint density at radius 1 is 1.35 bits per heavy atom. The van der Waals surface area contributed by atoms with Crippen LogP contribution < -0.4 is 15.8 Å². The molecule has 6 nitrogen and oxygen atoms in total. The van der Waals surface area contributed by atoms with Crippen molar-refractivity contribution in [2.45, 2.75) is 56.5 Å². The summed E-state index contributed by atoms with van der Waals surface area (Å²) >= 11 is 0. The van der Waals surface area contributed by atoms with Crippen molar-refractivity contribution in [1.82, 2.24) is 10.6 Å². The fourth-order valence-electron chi connectivity index (χ4n) is 2.79. The van der Waals surface area contributed by atoms with Crippen LogP contribution >= 0.6 is 0 Å². The highest BCUT2D eigenvalue weighted by Gasteiger charge is 2.25. The summed E-state index contributed by atoms with van der Waals surface area (Å²) in [5, 5.41) is 11.0. The molecule has 1 fully saturated rings. The maximum atomic E-state index is 12.2. The number of primary sulfonamides is 1. The van der Waals surface area contributed by atoms with Crippen LogP contribution in [0.2, 0.25) is 0 Å². The first-order chi connectivity index (χ1) is 10.8. The second-order valence-electron chi connectivity index (χ2n) is 6.18. The highest BCUT2D eigenvalue weighted by molar-refractivity contribution is 7.89. The molecule has 1 aromatic carbocycles. The van der Waals surface area contributed by atoms with Crippen molar-refractivity contribution in [1.29, 1.82) is 0 Å². The number of urea groups is 1. The lowest BCUT2D eigenvalue weighted by molar-refractivity contribution is 0.210. The molecule has 128 valence electrons. The van der Waals surface area contributed by atoms with Gasteiger partial charge in [0.05, 0.1) is 10.9 Å². The maximum Gasteiger partial charge on any atom is 0.315 e. The Bertz CT molecular complexity index is 656. The maximum absolute atomic E-state index is 12.2. The molecule has 0 aliphatic heterocycles. The van der Waals surface area contributed by atoms with Gasteiger partial charge in [-0.3, -0.25) is 0 Å². The third-order valence-electron chi connectivity index (χ3n) is 4.52. The van der Waals surface area contributed by atoms with Crippen molar-refractivity contribution in [2.75, 3.05) is 0 Å². The smallest absolute Gasteiger partial charge is 0.315 e. The van der Waals surface area contributed by atoms with E-state index < -0.39 is 10.0 Å². The predicted molar refractivity (Wildman–Crippen MR) is 89.3 cm³/mol. The van der Waals surface area contributed by atoms with E-state index in [2.05, 4.69) is 10.6 Å². The molecule has 1 saturated carbocycles. The first-order valence-corrected chi connectivity index (χ1v) is 9.55. The summed E-state index contributed by atoms with van der Waals surface area (Å²) in [6.45, 7) is 3.95. The van der Waals surface area contributed by atoms with E-state index in [0.717, 1.165) is 18.4 Å². The molecular formula is C16H25N3O3S. The fourth-order valence-corrected chi connectivity index (χ4v) is 3.36. The van der Waals surface area contributed by atoms with Crippen LogP contribution in [0.5, 0.6) is 0 Å². The monoisotopic (exact) mass is 339 g/mol. The topological polar surface area (TPSA) is 101 Å². The van der Waals surface area contributed by atoms with Crippen LogP contribution in [0.1, 0.15) is 51.1 Å². The molecule has 1 aliphatic rings. The number of carbonyl (C=O) groups excluding carboxylic acids is 1. The van der Waals surface area contributed by atoms with Crippen LogP contribution in [0.3, 0.4) is 0 Å². The summed E-state index contributed by atoms with van der Waals surface area (Å²) in [5.41, 5.74) is 0.727. The number of sulfonamides is 1. The van der Waals surface area contributed by atoms with Gasteiger partial charge in [-0.2, -0.15) is 0 Å². The largest absolute Gasteiger partial charge is 0.335 e. The number of nitrogens with two attached hydrogens (primary N) is 1. The Labute approximate surface area is 137 Å².